The van der Waals surface area contributed by atoms with Gasteiger partial charge in [-0.1, -0.05) is 34.1 Å². The van der Waals surface area contributed by atoms with Crippen molar-refractivity contribution >= 4 is 22.0 Å². The van der Waals surface area contributed by atoms with Crippen molar-refractivity contribution in [3.05, 3.63) is 41.2 Å². The molecule has 1 rings (SSSR count). The zero-order valence-corrected chi connectivity index (χ0v) is 9.14. The van der Waals surface area contributed by atoms with E-state index in [2.05, 4.69) is 22.0 Å². The molecule has 0 nitrogen and oxygen atoms in total. The smallest absolute Gasteiger partial charge is 0.123 e. The van der Waals surface area contributed by atoms with Crippen LogP contribution in [0.15, 0.2) is 24.3 Å². The molecule has 13 heavy (non-hydrogen) atoms. The van der Waals surface area contributed by atoms with Crippen molar-refractivity contribution in [1.29, 1.82) is 0 Å². The van der Waals surface area contributed by atoms with Crippen molar-refractivity contribution in [1.82, 2.24) is 0 Å². The summed E-state index contributed by atoms with van der Waals surface area (Å²) in [6.45, 7) is 1.91. The van der Waals surface area contributed by atoms with Crippen LogP contribution in [0.4, 0.5) is 4.39 Å². The van der Waals surface area contributed by atoms with E-state index in [4.69, 9.17) is 0 Å². The van der Waals surface area contributed by atoms with E-state index in [1.807, 2.05) is 13.0 Å². The van der Waals surface area contributed by atoms with Crippen molar-refractivity contribution in [3.63, 3.8) is 0 Å². The van der Waals surface area contributed by atoms with Gasteiger partial charge in [0.2, 0.25) is 0 Å². The van der Waals surface area contributed by atoms with Crippen LogP contribution in [0.3, 0.4) is 0 Å². The Morgan fingerprint density at radius 3 is 2.85 bits per heavy atom. The summed E-state index contributed by atoms with van der Waals surface area (Å²) in [6, 6.07) is 4.84. The molecule has 0 amide bonds. The zero-order valence-electron chi connectivity index (χ0n) is 7.56. The van der Waals surface area contributed by atoms with E-state index in [0.717, 1.165) is 22.9 Å². The van der Waals surface area contributed by atoms with Gasteiger partial charge < -0.3 is 0 Å². The fourth-order valence-corrected chi connectivity index (χ4v) is 1.36. The maximum absolute atomic E-state index is 12.7. The van der Waals surface area contributed by atoms with Gasteiger partial charge in [-0.05, 0) is 36.6 Å². The molecule has 0 atom stereocenters. The molecule has 0 aliphatic heterocycles. The third-order valence-corrected chi connectivity index (χ3v) is 2.26. The molecule has 0 radical (unpaired) electrons. The second-order valence-electron chi connectivity index (χ2n) is 2.88. The standard InChI is InChI=1S/C11H12BrF/c1-9-8-11(13)6-5-10(9)4-2-3-7-12/h2,4-6,8H,3,7H2,1H3. The third-order valence-electron chi connectivity index (χ3n) is 1.81. The van der Waals surface area contributed by atoms with Gasteiger partial charge in [-0.15, -0.1) is 0 Å². The van der Waals surface area contributed by atoms with Gasteiger partial charge in [0, 0.05) is 5.33 Å². The van der Waals surface area contributed by atoms with Crippen LogP contribution < -0.4 is 0 Å². The number of alkyl halides is 1. The number of rotatable bonds is 3. The van der Waals surface area contributed by atoms with Crippen LogP contribution in [-0.2, 0) is 0 Å². The van der Waals surface area contributed by atoms with Gasteiger partial charge in [0.15, 0.2) is 0 Å². The molecule has 2 heteroatoms. The molecule has 0 bridgehead atoms. The number of hydrogen-bond donors (Lipinski definition) is 0. The van der Waals surface area contributed by atoms with Crippen molar-refractivity contribution in [2.24, 2.45) is 0 Å². The van der Waals surface area contributed by atoms with E-state index >= 15 is 0 Å². The fraction of sp³-hybridized carbons (Fsp3) is 0.273. The van der Waals surface area contributed by atoms with Crippen LogP contribution in [0, 0.1) is 12.7 Å². The first-order valence-electron chi connectivity index (χ1n) is 4.22. The number of hydrogen-bond acceptors (Lipinski definition) is 0. The highest BCUT2D eigenvalue weighted by atomic mass is 79.9. The largest absolute Gasteiger partial charge is 0.207 e. The van der Waals surface area contributed by atoms with E-state index in [1.54, 1.807) is 12.1 Å². The first-order valence-corrected chi connectivity index (χ1v) is 5.35. The highest BCUT2D eigenvalue weighted by Crippen LogP contribution is 2.12. The number of allylic oxidation sites excluding steroid dienone is 1. The summed E-state index contributed by atoms with van der Waals surface area (Å²) in [6.07, 6.45) is 5.10. The molecule has 0 heterocycles. The molecule has 70 valence electrons. The molecule has 0 saturated carbocycles. The lowest BCUT2D eigenvalue weighted by Crippen LogP contribution is -1.82. The average Bonchev–Trinajstić information content (AvgIpc) is 2.09. The lowest BCUT2D eigenvalue weighted by molar-refractivity contribution is 0.626. The van der Waals surface area contributed by atoms with Crippen molar-refractivity contribution in [3.8, 4) is 0 Å². The second kappa shape index (κ2) is 5.18. The Balaban J connectivity index is 2.77. The molecule has 0 unspecified atom stereocenters. The predicted octanol–water partition coefficient (Wildman–Crippen LogP) is 3.93. The van der Waals surface area contributed by atoms with Gasteiger partial charge in [-0.2, -0.15) is 0 Å². The zero-order chi connectivity index (χ0) is 9.68. The Kier molecular flexibility index (Phi) is 4.16. The van der Waals surface area contributed by atoms with Crippen molar-refractivity contribution in [2.75, 3.05) is 5.33 Å². The molecule has 0 aliphatic rings. The van der Waals surface area contributed by atoms with Crippen LogP contribution in [-0.4, -0.2) is 5.33 Å². The van der Waals surface area contributed by atoms with E-state index in [1.165, 1.54) is 6.07 Å². The first-order chi connectivity index (χ1) is 6.24. The van der Waals surface area contributed by atoms with Gasteiger partial charge >= 0.3 is 0 Å². The molecule has 1 aromatic carbocycles. The second-order valence-corrected chi connectivity index (χ2v) is 3.67. The Labute approximate surface area is 86.6 Å². The monoisotopic (exact) mass is 242 g/mol. The van der Waals surface area contributed by atoms with Gasteiger partial charge in [0.25, 0.3) is 0 Å². The van der Waals surface area contributed by atoms with Gasteiger partial charge in [-0.25, -0.2) is 4.39 Å². The maximum Gasteiger partial charge on any atom is 0.123 e. The molecular formula is C11H12BrF. The van der Waals surface area contributed by atoms with E-state index in [-0.39, 0.29) is 5.82 Å². The molecule has 1 aromatic rings. The summed E-state index contributed by atoms with van der Waals surface area (Å²) < 4.78 is 12.7. The normalized spacial score (nSPS) is 11.0. The third kappa shape index (κ3) is 3.31. The lowest BCUT2D eigenvalue weighted by Gasteiger charge is -1.99. The van der Waals surface area contributed by atoms with Crippen LogP contribution in [0.2, 0.25) is 0 Å². The summed E-state index contributed by atoms with van der Waals surface area (Å²) in [5.41, 5.74) is 2.06. The van der Waals surface area contributed by atoms with Crippen LogP contribution in [0.5, 0.6) is 0 Å². The Bertz CT molecular complexity index is 305. The highest BCUT2D eigenvalue weighted by Gasteiger charge is 1.95. The average molecular weight is 243 g/mol. The lowest BCUT2D eigenvalue weighted by atomic mass is 10.1. The Morgan fingerprint density at radius 2 is 2.23 bits per heavy atom. The minimum Gasteiger partial charge on any atom is -0.207 e. The first kappa shape index (κ1) is 10.5. The maximum atomic E-state index is 12.7. The van der Waals surface area contributed by atoms with Gasteiger partial charge in [0.1, 0.15) is 5.82 Å². The fourth-order valence-electron chi connectivity index (χ4n) is 1.10. The Hall–Kier alpha value is -0.630. The summed E-state index contributed by atoms with van der Waals surface area (Å²) in [7, 11) is 0. The van der Waals surface area contributed by atoms with Crippen LogP contribution in [0.1, 0.15) is 17.5 Å². The molecule has 0 fully saturated rings. The summed E-state index contributed by atoms with van der Waals surface area (Å²) in [5.74, 6) is -0.171. The predicted molar refractivity (Wildman–Crippen MR) is 58.6 cm³/mol. The number of halogens is 2. The molecule has 0 spiro atoms. The van der Waals surface area contributed by atoms with Crippen LogP contribution in [0.25, 0.3) is 6.08 Å². The van der Waals surface area contributed by atoms with Crippen molar-refractivity contribution in [2.45, 2.75) is 13.3 Å². The van der Waals surface area contributed by atoms with Gasteiger partial charge in [0.05, 0.1) is 0 Å². The minimum absolute atomic E-state index is 0.171. The summed E-state index contributed by atoms with van der Waals surface area (Å²) in [5, 5.41) is 0.962. The SMILES string of the molecule is Cc1cc(F)ccc1C=CCCBr. The number of benzene rings is 1. The summed E-state index contributed by atoms with van der Waals surface area (Å²) in [4.78, 5) is 0. The molecule has 0 aromatic heterocycles. The highest BCUT2D eigenvalue weighted by molar-refractivity contribution is 9.09. The molecule has 0 aliphatic carbocycles. The van der Waals surface area contributed by atoms with E-state index in [0.29, 0.717) is 0 Å². The van der Waals surface area contributed by atoms with Gasteiger partial charge in [-0.3, -0.25) is 0 Å². The van der Waals surface area contributed by atoms with E-state index in [9.17, 15) is 4.39 Å². The topological polar surface area (TPSA) is 0 Å². The van der Waals surface area contributed by atoms with Crippen molar-refractivity contribution < 1.29 is 4.39 Å². The van der Waals surface area contributed by atoms with Crippen LogP contribution >= 0.6 is 15.9 Å². The quantitative estimate of drug-likeness (QED) is 0.705. The number of aryl methyl sites for hydroxylation is 1. The molecule has 0 saturated heterocycles. The van der Waals surface area contributed by atoms with E-state index < -0.39 is 0 Å². The Morgan fingerprint density at radius 1 is 1.46 bits per heavy atom. The molecular weight excluding hydrogens is 231 g/mol. The summed E-state index contributed by atoms with van der Waals surface area (Å²) >= 11 is 3.34. The minimum atomic E-state index is -0.171. The molecule has 0 N–H and O–H groups in total.